The highest BCUT2D eigenvalue weighted by Gasteiger charge is 2.30. The van der Waals surface area contributed by atoms with Crippen LogP contribution in [-0.2, 0) is 65.4 Å². The summed E-state index contributed by atoms with van der Waals surface area (Å²) in [4.78, 5) is 73.2. The Morgan fingerprint density at radius 1 is 0.260 bits per heavy atom. The van der Waals surface area contributed by atoms with Gasteiger partial charge in [0.05, 0.1) is 26.4 Å². The third kappa shape index (κ3) is 78.2. The summed E-state index contributed by atoms with van der Waals surface area (Å²) in [5.74, 6) is 0.214. The molecule has 0 heterocycles. The summed E-state index contributed by atoms with van der Waals surface area (Å²) < 4.78 is 68.9. The van der Waals surface area contributed by atoms with E-state index in [1.54, 1.807) is 0 Å². The van der Waals surface area contributed by atoms with Gasteiger partial charge in [0.15, 0.2) is 12.2 Å². The highest BCUT2D eigenvalue weighted by atomic mass is 31.2. The molecule has 0 aromatic carbocycles. The SMILES string of the molecule is CCCCCCCCCCCCCCCCCCCCCCC(=O)O[C@H](COC(=O)CCCCCCCCCCCCCCCCC(C)C)COP(=O)(O)OC[C@@H](O)COP(=O)(O)OC[C@@H](COC(=O)CCCCCCCCCCCC(C)C)OC(=O)CCCCCCCCCCCCCCC(C)C. The molecule has 0 aliphatic carbocycles. The number of unbranched alkanes of at least 4 members (excludes halogenated alkanes) is 51. The fourth-order valence-electron chi connectivity index (χ4n) is 13.2. The number of hydrogen-bond acceptors (Lipinski definition) is 15. The van der Waals surface area contributed by atoms with E-state index in [9.17, 15) is 43.2 Å². The molecule has 0 amide bonds. The average molecular weight is 1520 g/mol. The fraction of sp³-hybridized carbons (Fsp3) is 0.953. The van der Waals surface area contributed by atoms with Crippen molar-refractivity contribution in [2.24, 2.45) is 17.8 Å². The van der Waals surface area contributed by atoms with E-state index in [1.807, 2.05) is 0 Å². The topological polar surface area (TPSA) is 237 Å². The highest BCUT2D eigenvalue weighted by Crippen LogP contribution is 2.45. The Bertz CT molecular complexity index is 2010. The number of rotatable bonds is 83. The molecule has 0 bridgehead atoms. The minimum Gasteiger partial charge on any atom is -0.462 e. The summed E-state index contributed by atoms with van der Waals surface area (Å²) in [6.45, 7) is 12.0. The van der Waals surface area contributed by atoms with Crippen molar-refractivity contribution < 1.29 is 80.2 Å². The number of carbonyl (C=O) groups excluding carboxylic acids is 4. The van der Waals surface area contributed by atoms with Crippen LogP contribution in [0.5, 0.6) is 0 Å². The predicted molar refractivity (Wildman–Crippen MR) is 428 cm³/mol. The van der Waals surface area contributed by atoms with Crippen molar-refractivity contribution in [3.63, 3.8) is 0 Å². The highest BCUT2D eigenvalue weighted by molar-refractivity contribution is 7.47. The van der Waals surface area contributed by atoms with Gasteiger partial charge in [-0.1, -0.05) is 395 Å². The lowest BCUT2D eigenvalue weighted by atomic mass is 10.0. The Morgan fingerprint density at radius 3 is 0.654 bits per heavy atom. The molecule has 17 nitrogen and oxygen atoms in total. The molecule has 618 valence electrons. The van der Waals surface area contributed by atoms with Crippen LogP contribution in [0.4, 0.5) is 0 Å². The number of hydrogen-bond donors (Lipinski definition) is 3. The number of aliphatic hydroxyl groups excluding tert-OH is 1. The molecule has 2 unspecified atom stereocenters. The molecule has 0 fully saturated rings. The first kappa shape index (κ1) is 102. The zero-order valence-electron chi connectivity index (χ0n) is 68.5. The second kappa shape index (κ2) is 75.1. The van der Waals surface area contributed by atoms with Gasteiger partial charge in [-0.15, -0.1) is 0 Å². The van der Waals surface area contributed by atoms with E-state index >= 15 is 0 Å². The molecule has 19 heteroatoms. The maximum absolute atomic E-state index is 13.1. The standard InChI is InChI=1S/C85H166O17P2/c1-8-9-10-11-12-13-14-15-16-17-18-19-20-21-26-32-39-47-54-61-68-84(89)101-80(72-95-82(87)66-59-52-45-38-31-25-23-22-24-29-35-42-49-56-63-76(2)3)74-99-103(91,92)97-70-79(86)71-98-104(93,94)100-75-81(73-96-83(88)67-60-53-46-41-34-37-44-51-58-65-78(6)7)102-85(90)69-62-55-48-40-33-28-27-30-36-43-50-57-64-77(4)5/h76-81,86H,8-75H2,1-7H3,(H,91,92)(H,93,94)/t79-,80-,81-/m1/s1. The Balaban J connectivity index is 5.26. The van der Waals surface area contributed by atoms with Gasteiger partial charge in [0.1, 0.15) is 19.3 Å². The molecule has 0 saturated heterocycles. The molecule has 0 rings (SSSR count). The molecular formula is C85H166O17P2. The van der Waals surface area contributed by atoms with E-state index in [1.165, 1.54) is 257 Å². The summed E-state index contributed by atoms with van der Waals surface area (Å²) in [5, 5.41) is 10.7. The summed E-state index contributed by atoms with van der Waals surface area (Å²) >= 11 is 0. The van der Waals surface area contributed by atoms with Gasteiger partial charge in [0.2, 0.25) is 0 Å². The number of phosphoric ester groups is 2. The third-order valence-corrected chi connectivity index (χ3v) is 21.8. The molecule has 0 saturated carbocycles. The van der Waals surface area contributed by atoms with Crippen molar-refractivity contribution in [3.05, 3.63) is 0 Å². The molecule has 5 atom stereocenters. The first-order valence-corrected chi connectivity index (χ1v) is 46.8. The fourth-order valence-corrected chi connectivity index (χ4v) is 14.8. The van der Waals surface area contributed by atoms with Crippen LogP contribution >= 0.6 is 15.6 Å². The van der Waals surface area contributed by atoms with Crippen LogP contribution in [0.3, 0.4) is 0 Å². The van der Waals surface area contributed by atoms with Crippen LogP contribution in [-0.4, -0.2) is 96.7 Å². The Hall–Kier alpha value is -1.94. The van der Waals surface area contributed by atoms with Crippen LogP contribution in [0.25, 0.3) is 0 Å². The van der Waals surface area contributed by atoms with Gasteiger partial charge in [-0.25, -0.2) is 9.13 Å². The van der Waals surface area contributed by atoms with Crippen molar-refractivity contribution >= 4 is 39.5 Å². The molecule has 0 radical (unpaired) electrons. The van der Waals surface area contributed by atoms with Gasteiger partial charge in [-0.2, -0.15) is 0 Å². The average Bonchev–Trinajstić information content (AvgIpc) is 0.906. The predicted octanol–water partition coefficient (Wildman–Crippen LogP) is 25.7. The van der Waals surface area contributed by atoms with Gasteiger partial charge < -0.3 is 33.8 Å². The maximum Gasteiger partial charge on any atom is 0.472 e. The Morgan fingerprint density at radius 2 is 0.442 bits per heavy atom. The van der Waals surface area contributed by atoms with E-state index in [0.717, 1.165) is 108 Å². The first-order valence-electron chi connectivity index (χ1n) is 43.8. The first-order chi connectivity index (χ1) is 50.2. The van der Waals surface area contributed by atoms with Gasteiger partial charge in [0, 0.05) is 25.7 Å². The normalized spacial score (nSPS) is 13.9. The lowest BCUT2D eigenvalue weighted by molar-refractivity contribution is -0.161. The number of phosphoric acid groups is 2. The molecule has 3 N–H and O–H groups in total. The van der Waals surface area contributed by atoms with Crippen molar-refractivity contribution in [2.75, 3.05) is 39.6 Å². The van der Waals surface area contributed by atoms with Gasteiger partial charge in [-0.3, -0.25) is 37.3 Å². The molecule has 0 aliphatic rings. The van der Waals surface area contributed by atoms with Crippen molar-refractivity contribution in [1.29, 1.82) is 0 Å². The number of carbonyl (C=O) groups is 4. The largest absolute Gasteiger partial charge is 0.472 e. The van der Waals surface area contributed by atoms with Crippen LogP contribution in [0.2, 0.25) is 0 Å². The second-order valence-electron chi connectivity index (χ2n) is 32.0. The van der Waals surface area contributed by atoms with Gasteiger partial charge in [-0.05, 0) is 43.4 Å². The summed E-state index contributed by atoms with van der Waals surface area (Å²) in [5.41, 5.74) is 0. The van der Waals surface area contributed by atoms with Gasteiger partial charge >= 0.3 is 39.5 Å². The molecule has 104 heavy (non-hydrogen) atoms. The minimum absolute atomic E-state index is 0.107. The zero-order chi connectivity index (χ0) is 76.5. The summed E-state index contributed by atoms with van der Waals surface area (Å²) in [6.07, 6.45) is 65.2. The van der Waals surface area contributed by atoms with Crippen LogP contribution in [0, 0.1) is 17.8 Å². The van der Waals surface area contributed by atoms with Crippen LogP contribution in [0.15, 0.2) is 0 Å². The quantitative estimate of drug-likeness (QED) is 0.0222. The monoisotopic (exact) mass is 1520 g/mol. The molecule has 0 aliphatic heterocycles. The molecule has 0 spiro atoms. The lowest BCUT2D eigenvalue weighted by Gasteiger charge is -2.21. The number of aliphatic hydroxyl groups is 1. The number of esters is 4. The molecule has 0 aromatic heterocycles. The molecular weight excluding hydrogens is 1350 g/mol. The number of ether oxygens (including phenoxy) is 4. The van der Waals surface area contributed by atoms with Crippen molar-refractivity contribution in [3.8, 4) is 0 Å². The zero-order valence-corrected chi connectivity index (χ0v) is 70.3. The van der Waals surface area contributed by atoms with E-state index in [4.69, 9.17) is 37.0 Å². The van der Waals surface area contributed by atoms with Crippen LogP contribution < -0.4 is 0 Å². The maximum atomic E-state index is 13.1. The molecule has 0 aromatic rings. The van der Waals surface area contributed by atoms with Crippen molar-refractivity contribution in [2.45, 2.75) is 465 Å². The Labute approximate surface area is 638 Å². The Kier molecular flexibility index (Phi) is 73.7. The van der Waals surface area contributed by atoms with Crippen molar-refractivity contribution in [1.82, 2.24) is 0 Å². The summed E-state index contributed by atoms with van der Waals surface area (Å²) in [6, 6.07) is 0. The second-order valence-corrected chi connectivity index (χ2v) is 34.9. The lowest BCUT2D eigenvalue weighted by Crippen LogP contribution is -2.30. The van der Waals surface area contributed by atoms with E-state index < -0.39 is 97.5 Å². The van der Waals surface area contributed by atoms with E-state index in [2.05, 4.69) is 48.5 Å². The smallest absolute Gasteiger partial charge is 0.462 e. The van der Waals surface area contributed by atoms with Gasteiger partial charge in [0.25, 0.3) is 0 Å². The third-order valence-electron chi connectivity index (χ3n) is 19.9. The minimum atomic E-state index is -4.97. The van der Waals surface area contributed by atoms with E-state index in [0.29, 0.717) is 25.7 Å². The van der Waals surface area contributed by atoms with E-state index in [-0.39, 0.29) is 25.7 Å². The summed E-state index contributed by atoms with van der Waals surface area (Å²) in [7, 11) is -9.93. The van der Waals surface area contributed by atoms with Crippen LogP contribution in [0.1, 0.15) is 447 Å².